The lowest BCUT2D eigenvalue weighted by molar-refractivity contribution is -0.140. The summed E-state index contributed by atoms with van der Waals surface area (Å²) >= 11 is 3.32. The predicted octanol–water partition coefficient (Wildman–Crippen LogP) is 1.52. The molecular formula is C16H14BrN3O4. The van der Waals surface area contributed by atoms with E-state index in [1.165, 1.54) is 12.3 Å². The van der Waals surface area contributed by atoms with Crippen molar-refractivity contribution in [1.29, 1.82) is 0 Å². The fourth-order valence-corrected chi connectivity index (χ4v) is 2.08. The van der Waals surface area contributed by atoms with Crippen molar-refractivity contribution in [3.05, 3.63) is 64.5 Å². The predicted molar refractivity (Wildman–Crippen MR) is 90.0 cm³/mol. The van der Waals surface area contributed by atoms with Gasteiger partial charge < -0.3 is 9.73 Å². The zero-order chi connectivity index (χ0) is 17.4. The van der Waals surface area contributed by atoms with Crippen LogP contribution in [0.25, 0.3) is 6.08 Å². The molecule has 1 heterocycles. The number of carbonyl (C=O) groups is 3. The summed E-state index contributed by atoms with van der Waals surface area (Å²) in [6, 6.07) is 10.7. The number of rotatable bonds is 4. The number of halogens is 1. The van der Waals surface area contributed by atoms with Crippen LogP contribution in [0, 0.1) is 0 Å². The Labute approximate surface area is 146 Å². The summed E-state index contributed by atoms with van der Waals surface area (Å²) in [6.45, 7) is 0.0794. The van der Waals surface area contributed by atoms with Crippen LogP contribution in [0.3, 0.4) is 0 Å². The van der Waals surface area contributed by atoms with Crippen LogP contribution in [0.2, 0.25) is 0 Å². The molecule has 1 aromatic carbocycles. The largest absolute Gasteiger partial charge is 0.467 e. The second-order valence-corrected chi connectivity index (χ2v) is 5.51. The number of benzene rings is 1. The van der Waals surface area contributed by atoms with E-state index in [9.17, 15) is 14.4 Å². The smallest absolute Gasteiger partial charge is 0.327 e. The second-order valence-electron chi connectivity index (χ2n) is 4.59. The van der Waals surface area contributed by atoms with E-state index >= 15 is 0 Å². The topological polar surface area (TPSA) is 100 Å². The molecule has 7 nitrogen and oxygen atoms in total. The lowest BCUT2D eigenvalue weighted by Gasteiger charge is -2.05. The molecule has 0 atom stereocenters. The van der Waals surface area contributed by atoms with Gasteiger partial charge in [0.15, 0.2) is 0 Å². The van der Waals surface area contributed by atoms with Crippen molar-refractivity contribution in [1.82, 2.24) is 16.2 Å². The number of hydrogen-bond acceptors (Lipinski definition) is 4. The van der Waals surface area contributed by atoms with Crippen molar-refractivity contribution in [2.75, 3.05) is 0 Å². The molecule has 0 spiro atoms. The van der Waals surface area contributed by atoms with Crippen molar-refractivity contribution in [2.45, 2.75) is 6.54 Å². The maximum atomic E-state index is 11.6. The van der Waals surface area contributed by atoms with Gasteiger partial charge in [-0.25, -0.2) is 0 Å². The summed E-state index contributed by atoms with van der Waals surface area (Å²) in [4.78, 5) is 34.7. The Morgan fingerprint density at radius 3 is 2.62 bits per heavy atom. The third-order valence-corrected chi connectivity index (χ3v) is 3.28. The molecule has 0 saturated heterocycles. The minimum Gasteiger partial charge on any atom is -0.467 e. The molecule has 0 saturated carbocycles. The summed E-state index contributed by atoms with van der Waals surface area (Å²) in [5.74, 6) is -1.92. The highest BCUT2D eigenvalue weighted by Crippen LogP contribution is 2.12. The van der Waals surface area contributed by atoms with Crippen LogP contribution in [0.15, 0.2) is 57.6 Å². The molecule has 0 aliphatic carbocycles. The first-order valence-electron chi connectivity index (χ1n) is 6.89. The third-order valence-electron chi connectivity index (χ3n) is 2.78. The quantitative estimate of drug-likeness (QED) is 0.417. The highest BCUT2D eigenvalue weighted by molar-refractivity contribution is 9.10. The summed E-state index contributed by atoms with van der Waals surface area (Å²) in [7, 11) is 0. The molecule has 0 aliphatic rings. The standard InChI is InChI=1S/C16H14BrN3O4/c17-12-4-1-3-11(9-12)6-7-14(21)19-20-16(23)15(22)18-10-13-5-2-8-24-13/h1-9H,10H2,(H,18,22)(H,19,21)(H,20,23)/b7-6+. The first kappa shape index (κ1) is 17.5. The summed E-state index contributed by atoms with van der Waals surface area (Å²) in [6.07, 6.45) is 4.27. The van der Waals surface area contributed by atoms with Gasteiger partial charge in [-0.2, -0.15) is 0 Å². The monoisotopic (exact) mass is 391 g/mol. The van der Waals surface area contributed by atoms with E-state index in [0.717, 1.165) is 10.0 Å². The Morgan fingerprint density at radius 2 is 1.92 bits per heavy atom. The number of carbonyl (C=O) groups excluding carboxylic acids is 3. The molecule has 0 unspecified atom stereocenters. The molecular weight excluding hydrogens is 378 g/mol. The first-order chi connectivity index (χ1) is 11.5. The minimum absolute atomic E-state index is 0.0794. The van der Waals surface area contributed by atoms with E-state index in [1.54, 1.807) is 18.2 Å². The molecule has 1 aromatic heterocycles. The van der Waals surface area contributed by atoms with E-state index in [1.807, 2.05) is 29.7 Å². The fourth-order valence-electron chi connectivity index (χ4n) is 1.66. The molecule has 0 fully saturated rings. The zero-order valence-electron chi connectivity index (χ0n) is 12.4. The van der Waals surface area contributed by atoms with Crippen LogP contribution in [-0.4, -0.2) is 17.7 Å². The van der Waals surface area contributed by atoms with Crippen LogP contribution in [0.1, 0.15) is 11.3 Å². The van der Waals surface area contributed by atoms with Gasteiger partial charge in [0, 0.05) is 10.5 Å². The zero-order valence-corrected chi connectivity index (χ0v) is 14.0. The second kappa shape index (κ2) is 8.68. The van der Waals surface area contributed by atoms with Gasteiger partial charge >= 0.3 is 11.8 Å². The van der Waals surface area contributed by atoms with Gasteiger partial charge in [-0.15, -0.1) is 0 Å². The number of furan rings is 1. The van der Waals surface area contributed by atoms with Gasteiger partial charge in [0.2, 0.25) is 0 Å². The fraction of sp³-hybridized carbons (Fsp3) is 0.0625. The van der Waals surface area contributed by atoms with Crippen molar-refractivity contribution < 1.29 is 18.8 Å². The van der Waals surface area contributed by atoms with Gasteiger partial charge in [-0.3, -0.25) is 25.2 Å². The maximum absolute atomic E-state index is 11.6. The molecule has 2 rings (SSSR count). The summed E-state index contributed by atoms with van der Waals surface area (Å²) in [5, 5.41) is 2.35. The Hall–Kier alpha value is -2.87. The normalized spacial score (nSPS) is 10.4. The van der Waals surface area contributed by atoms with Crippen LogP contribution in [0.4, 0.5) is 0 Å². The van der Waals surface area contributed by atoms with Crippen molar-refractivity contribution in [3.63, 3.8) is 0 Å². The van der Waals surface area contributed by atoms with Crippen molar-refractivity contribution in [3.8, 4) is 0 Å². The molecule has 24 heavy (non-hydrogen) atoms. The van der Waals surface area contributed by atoms with E-state index < -0.39 is 17.7 Å². The van der Waals surface area contributed by atoms with Crippen LogP contribution in [-0.2, 0) is 20.9 Å². The Morgan fingerprint density at radius 1 is 1.08 bits per heavy atom. The Bertz CT molecular complexity index is 756. The first-order valence-corrected chi connectivity index (χ1v) is 7.68. The van der Waals surface area contributed by atoms with Gasteiger partial charge in [0.05, 0.1) is 12.8 Å². The number of hydrazine groups is 1. The van der Waals surface area contributed by atoms with E-state index in [4.69, 9.17) is 4.42 Å². The van der Waals surface area contributed by atoms with E-state index in [0.29, 0.717) is 5.76 Å². The lowest BCUT2D eigenvalue weighted by Crippen LogP contribution is -2.47. The van der Waals surface area contributed by atoms with Crippen molar-refractivity contribution in [2.24, 2.45) is 0 Å². The molecule has 8 heteroatoms. The van der Waals surface area contributed by atoms with E-state index in [-0.39, 0.29) is 6.54 Å². The molecule has 3 amide bonds. The highest BCUT2D eigenvalue weighted by Gasteiger charge is 2.13. The van der Waals surface area contributed by atoms with E-state index in [2.05, 4.69) is 26.7 Å². The summed E-state index contributed by atoms with van der Waals surface area (Å²) < 4.78 is 5.90. The molecule has 3 N–H and O–H groups in total. The molecule has 0 bridgehead atoms. The average Bonchev–Trinajstić information content (AvgIpc) is 3.09. The Balaban J connectivity index is 1.74. The van der Waals surface area contributed by atoms with Gasteiger partial charge in [0.1, 0.15) is 5.76 Å². The number of amides is 3. The van der Waals surface area contributed by atoms with Crippen LogP contribution in [0.5, 0.6) is 0 Å². The number of nitrogens with one attached hydrogen (secondary N) is 3. The van der Waals surface area contributed by atoms with Crippen molar-refractivity contribution >= 4 is 39.7 Å². The van der Waals surface area contributed by atoms with Crippen LogP contribution < -0.4 is 16.2 Å². The maximum Gasteiger partial charge on any atom is 0.327 e. The minimum atomic E-state index is -0.981. The van der Waals surface area contributed by atoms with Gasteiger partial charge in [-0.05, 0) is 35.9 Å². The molecule has 124 valence electrons. The molecule has 0 radical (unpaired) electrons. The SMILES string of the molecule is O=C(/C=C/c1cccc(Br)c1)NNC(=O)C(=O)NCc1ccco1. The average molecular weight is 392 g/mol. The van der Waals surface area contributed by atoms with Gasteiger partial charge in [-0.1, -0.05) is 28.1 Å². The molecule has 2 aromatic rings. The Kier molecular flexibility index (Phi) is 6.32. The molecule has 0 aliphatic heterocycles. The van der Waals surface area contributed by atoms with Crippen LogP contribution >= 0.6 is 15.9 Å². The van der Waals surface area contributed by atoms with Gasteiger partial charge in [0.25, 0.3) is 5.91 Å². The lowest BCUT2D eigenvalue weighted by atomic mass is 10.2. The highest BCUT2D eigenvalue weighted by atomic mass is 79.9. The third kappa shape index (κ3) is 5.73. The number of hydrogen-bond donors (Lipinski definition) is 3. The summed E-state index contributed by atoms with van der Waals surface area (Å²) in [5.41, 5.74) is 4.95.